The number of carboxylic acids is 1. The van der Waals surface area contributed by atoms with E-state index < -0.39 is 5.97 Å². The van der Waals surface area contributed by atoms with Crippen molar-refractivity contribution in [3.63, 3.8) is 0 Å². The van der Waals surface area contributed by atoms with Crippen LogP contribution in [0.25, 0.3) is 0 Å². The summed E-state index contributed by atoms with van der Waals surface area (Å²) in [5.74, 6) is -0.496. The first-order valence-corrected chi connectivity index (χ1v) is 10.1. The number of hydrogen-bond acceptors (Lipinski definition) is 6. The van der Waals surface area contributed by atoms with Crippen molar-refractivity contribution in [2.75, 3.05) is 26.3 Å². The highest BCUT2D eigenvalue weighted by Crippen LogP contribution is 2.31. The van der Waals surface area contributed by atoms with Crippen molar-refractivity contribution in [1.29, 1.82) is 0 Å². The zero-order valence-corrected chi connectivity index (χ0v) is 15.8. The Kier molecular flexibility index (Phi) is 7.20. The fraction of sp³-hybridized carbons (Fsp3) is 0.789. The van der Waals surface area contributed by atoms with Crippen LogP contribution in [0.15, 0.2) is 4.52 Å². The molecule has 1 aromatic rings. The van der Waals surface area contributed by atoms with Gasteiger partial charge in [-0.1, -0.05) is 50.1 Å². The predicted octanol–water partition coefficient (Wildman–Crippen LogP) is 2.85. The van der Waals surface area contributed by atoms with Gasteiger partial charge in [0.2, 0.25) is 5.89 Å². The molecule has 1 saturated heterocycles. The first-order valence-electron chi connectivity index (χ1n) is 10.1. The van der Waals surface area contributed by atoms with Crippen molar-refractivity contribution in [2.24, 2.45) is 5.92 Å². The molecule has 1 saturated carbocycles. The van der Waals surface area contributed by atoms with E-state index in [0.29, 0.717) is 32.7 Å². The van der Waals surface area contributed by atoms with E-state index in [4.69, 9.17) is 9.26 Å². The maximum Gasteiger partial charge on any atom is 0.304 e. The molecule has 2 fully saturated rings. The van der Waals surface area contributed by atoms with Crippen molar-refractivity contribution >= 4 is 11.9 Å². The number of ether oxygens (including phenoxy) is 1. The lowest BCUT2D eigenvalue weighted by molar-refractivity contribution is -0.137. The van der Waals surface area contributed by atoms with Gasteiger partial charge in [0.1, 0.15) is 0 Å². The molecule has 8 nitrogen and oxygen atoms in total. The Morgan fingerprint density at radius 1 is 1.19 bits per heavy atom. The highest BCUT2D eigenvalue weighted by atomic mass is 16.5. The van der Waals surface area contributed by atoms with E-state index in [-0.39, 0.29) is 30.0 Å². The number of carbonyl (C=O) groups excluding carboxylic acids is 1. The van der Waals surface area contributed by atoms with Gasteiger partial charge in [-0.15, -0.1) is 0 Å². The van der Waals surface area contributed by atoms with Crippen LogP contribution in [-0.4, -0.2) is 58.3 Å². The number of aliphatic carboxylic acids is 1. The minimum Gasteiger partial charge on any atom is -0.481 e. The van der Waals surface area contributed by atoms with Crippen LogP contribution < -0.4 is 0 Å². The number of rotatable bonds is 8. The van der Waals surface area contributed by atoms with Gasteiger partial charge in [-0.2, -0.15) is 4.98 Å². The fourth-order valence-corrected chi connectivity index (χ4v) is 4.05. The van der Waals surface area contributed by atoms with Gasteiger partial charge < -0.3 is 19.3 Å². The summed E-state index contributed by atoms with van der Waals surface area (Å²) in [6.07, 6.45) is 9.19. The number of amides is 1. The van der Waals surface area contributed by atoms with Crippen LogP contribution in [-0.2, 0) is 9.53 Å². The number of nitrogens with zero attached hydrogens (tertiary/aromatic N) is 3. The lowest BCUT2D eigenvalue weighted by Crippen LogP contribution is -2.41. The molecule has 0 bridgehead atoms. The van der Waals surface area contributed by atoms with Crippen LogP contribution >= 0.6 is 0 Å². The Hall–Kier alpha value is -1.96. The van der Waals surface area contributed by atoms with Crippen LogP contribution in [0.2, 0.25) is 0 Å². The Bertz CT molecular complexity index is 621. The average molecular weight is 379 g/mol. The molecule has 1 aliphatic carbocycles. The van der Waals surface area contributed by atoms with Crippen LogP contribution in [0.1, 0.15) is 80.2 Å². The van der Waals surface area contributed by atoms with E-state index in [1.807, 2.05) is 0 Å². The van der Waals surface area contributed by atoms with E-state index in [0.717, 1.165) is 18.8 Å². The summed E-state index contributed by atoms with van der Waals surface area (Å²) in [7, 11) is 0. The van der Waals surface area contributed by atoms with Crippen molar-refractivity contribution in [2.45, 2.75) is 63.7 Å². The largest absolute Gasteiger partial charge is 0.481 e. The molecule has 0 aromatic carbocycles. The first kappa shape index (κ1) is 19.8. The third-order valence-electron chi connectivity index (χ3n) is 5.59. The smallest absolute Gasteiger partial charge is 0.304 e. The summed E-state index contributed by atoms with van der Waals surface area (Å²) in [6, 6.07) is 0. The minimum absolute atomic E-state index is 0.00886. The van der Waals surface area contributed by atoms with Gasteiger partial charge in [-0.3, -0.25) is 9.59 Å². The normalized spacial score (nSPS) is 19.8. The summed E-state index contributed by atoms with van der Waals surface area (Å²) in [4.78, 5) is 29.6. The summed E-state index contributed by atoms with van der Waals surface area (Å²) in [5.41, 5.74) is 0. The Morgan fingerprint density at radius 3 is 2.63 bits per heavy atom. The molecule has 27 heavy (non-hydrogen) atoms. The van der Waals surface area contributed by atoms with Crippen LogP contribution in [0.5, 0.6) is 0 Å². The van der Waals surface area contributed by atoms with Crippen molar-refractivity contribution < 1.29 is 24.0 Å². The van der Waals surface area contributed by atoms with Gasteiger partial charge in [0.25, 0.3) is 11.7 Å². The van der Waals surface area contributed by atoms with E-state index in [1.165, 1.54) is 32.1 Å². The number of aromatic nitrogens is 2. The van der Waals surface area contributed by atoms with E-state index in [9.17, 15) is 14.7 Å². The number of carboxylic acid groups (broad SMARTS) is 1. The van der Waals surface area contributed by atoms with Gasteiger partial charge >= 0.3 is 5.97 Å². The van der Waals surface area contributed by atoms with Gasteiger partial charge in [0, 0.05) is 19.0 Å². The second kappa shape index (κ2) is 9.82. The Balaban J connectivity index is 1.57. The topological polar surface area (TPSA) is 106 Å². The maximum absolute atomic E-state index is 12.4. The van der Waals surface area contributed by atoms with Gasteiger partial charge in [0.15, 0.2) is 0 Å². The number of morpholine rings is 1. The molecule has 2 heterocycles. The number of carbonyl (C=O) groups is 2. The van der Waals surface area contributed by atoms with Crippen molar-refractivity contribution in [3.8, 4) is 0 Å². The molecule has 0 radical (unpaired) electrons. The molecule has 8 heteroatoms. The van der Waals surface area contributed by atoms with Gasteiger partial charge in [0.05, 0.1) is 19.6 Å². The summed E-state index contributed by atoms with van der Waals surface area (Å²) >= 11 is 0. The van der Waals surface area contributed by atoms with Crippen LogP contribution in [0.4, 0.5) is 0 Å². The molecule has 1 N–H and O–H groups in total. The van der Waals surface area contributed by atoms with Crippen LogP contribution in [0, 0.1) is 5.92 Å². The Labute approximate surface area is 159 Å². The van der Waals surface area contributed by atoms with Crippen molar-refractivity contribution in [1.82, 2.24) is 15.0 Å². The number of hydrogen-bond donors (Lipinski definition) is 1. The zero-order chi connectivity index (χ0) is 19.1. The van der Waals surface area contributed by atoms with Crippen LogP contribution in [0.3, 0.4) is 0 Å². The monoisotopic (exact) mass is 379 g/mol. The van der Waals surface area contributed by atoms with E-state index >= 15 is 0 Å². The standard InChI is InChI=1S/C19H29N3O5/c23-16(24)13-15(8-4-7-14-5-2-1-3-6-14)18-20-17(21-27-18)19(25)22-9-11-26-12-10-22/h14-15H,1-13H2,(H,23,24). The summed E-state index contributed by atoms with van der Waals surface area (Å²) in [6.45, 7) is 2.00. The molecule has 1 aliphatic heterocycles. The third-order valence-corrected chi connectivity index (χ3v) is 5.59. The predicted molar refractivity (Wildman–Crippen MR) is 96.4 cm³/mol. The lowest BCUT2D eigenvalue weighted by atomic mass is 9.84. The van der Waals surface area contributed by atoms with E-state index in [2.05, 4.69) is 10.1 Å². The molecule has 1 atom stereocenters. The minimum atomic E-state index is -0.892. The first-order chi connectivity index (χ1) is 13.1. The molecule has 150 valence electrons. The molecule has 1 aromatic heterocycles. The second-order valence-corrected chi connectivity index (χ2v) is 7.59. The van der Waals surface area contributed by atoms with Crippen molar-refractivity contribution in [3.05, 3.63) is 11.7 Å². The molecule has 0 spiro atoms. The average Bonchev–Trinajstić information content (AvgIpc) is 3.18. The fourth-order valence-electron chi connectivity index (χ4n) is 4.05. The highest BCUT2D eigenvalue weighted by molar-refractivity contribution is 5.90. The molecule has 2 aliphatic rings. The van der Waals surface area contributed by atoms with Gasteiger partial charge in [-0.25, -0.2) is 0 Å². The summed E-state index contributed by atoms with van der Waals surface area (Å²) in [5, 5.41) is 13.0. The summed E-state index contributed by atoms with van der Waals surface area (Å²) < 4.78 is 10.5. The molecule has 1 amide bonds. The third kappa shape index (κ3) is 5.76. The SMILES string of the molecule is O=C(O)CC(CCCC1CCCCC1)c1nc(C(=O)N2CCOCC2)no1. The molecule has 3 rings (SSSR count). The molecule has 1 unspecified atom stereocenters. The molecular weight excluding hydrogens is 350 g/mol. The van der Waals surface area contributed by atoms with Gasteiger partial charge in [-0.05, 0) is 12.3 Å². The quantitative estimate of drug-likeness (QED) is 0.740. The second-order valence-electron chi connectivity index (χ2n) is 7.59. The molecular formula is C19H29N3O5. The zero-order valence-electron chi connectivity index (χ0n) is 15.8. The maximum atomic E-state index is 12.4. The highest BCUT2D eigenvalue weighted by Gasteiger charge is 2.27. The van der Waals surface area contributed by atoms with E-state index in [1.54, 1.807) is 4.90 Å². The Morgan fingerprint density at radius 2 is 1.93 bits per heavy atom. The lowest BCUT2D eigenvalue weighted by Gasteiger charge is -2.25.